The Bertz CT molecular complexity index is 349. The molecular formula is C13H23N3O. The van der Waals surface area contributed by atoms with Gasteiger partial charge in [0.1, 0.15) is 5.82 Å². The Hall–Kier alpha value is -1.03. The summed E-state index contributed by atoms with van der Waals surface area (Å²) in [6.45, 7) is 6.22. The minimum Gasteiger partial charge on any atom is -0.361 e. The summed E-state index contributed by atoms with van der Waals surface area (Å²) in [7, 11) is 2.06. The van der Waals surface area contributed by atoms with Gasteiger partial charge >= 0.3 is 0 Å². The molecule has 0 aromatic rings. The van der Waals surface area contributed by atoms with Crippen LogP contribution in [0.3, 0.4) is 0 Å². The van der Waals surface area contributed by atoms with Crippen LogP contribution in [0.15, 0.2) is 11.4 Å². The van der Waals surface area contributed by atoms with E-state index in [0.717, 1.165) is 37.3 Å². The van der Waals surface area contributed by atoms with Crippen LogP contribution in [0.25, 0.3) is 0 Å². The molecule has 0 saturated carbocycles. The molecule has 4 nitrogen and oxygen atoms in total. The van der Waals surface area contributed by atoms with Gasteiger partial charge in [0.25, 0.3) is 0 Å². The van der Waals surface area contributed by atoms with E-state index in [1.54, 1.807) is 0 Å². The van der Waals surface area contributed by atoms with Gasteiger partial charge in [0.05, 0.1) is 6.42 Å². The van der Waals surface area contributed by atoms with Crippen molar-refractivity contribution in [2.75, 3.05) is 20.1 Å². The lowest BCUT2D eigenvalue weighted by Crippen LogP contribution is -2.41. The van der Waals surface area contributed by atoms with Gasteiger partial charge in [0, 0.05) is 26.2 Å². The molecule has 17 heavy (non-hydrogen) atoms. The van der Waals surface area contributed by atoms with Crippen molar-refractivity contribution in [2.45, 2.75) is 39.2 Å². The highest BCUT2D eigenvalue weighted by atomic mass is 16.2. The molecule has 0 spiro atoms. The van der Waals surface area contributed by atoms with Crippen LogP contribution >= 0.6 is 0 Å². The average Bonchev–Trinajstić information content (AvgIpc) is 2.57. The van der Waals surface area contributed by atoms with Crippen molar-refractivity contribution in [3.63, 3.8) is 0 Å². The van der Waals surface area contributed by atoms with Crippen molar-refractivity contribution in [2.24, 2.45) is 11.7 Å². The summed E-state index contributed by atoms with van der Waals surface area (Å²) in [5, 5.41) is 0. The number of nitrogens with zero attached hydrogens (tertiary/aromatic N) is 2. The van der Waals surface area contributed by atoms with Crippen LogP contribution in [0.2, 0.25) is 0 Å². The molecule has 1 unspecified atom stereocenters. The van der Waals surface area contributed by atoms with Crippen LogP contribution in [0.4, 0.5) is 0 Å². The molecule has 4 heteroatoms. The molecule has 0 bridgehead atoms. The molecule has 2 rings (SSSR count). The fourth-order valence-corrected chi connectivity index (χ4v) is 2.83. The maximum atomic E-state index is 12.0. The summed E-state index contributed by atoms with van der Waals surface area (Å²) in [5.74, 6) is 1.88. The number of nitrogens with two attached hydrogens (primary N) is 1. The number of fused-ring (bicyclic) bond motifs is 1. The van der Waals surface area contributed by atoms with E-state index in [-0.39, 0.29) is 11.9 Å². The van der Waals surface area contributed by atoms with Crippen molar-refractivity contribution in [1.82, 2.24) is 9.80 Å². The van der Waals surface area contributed by atoms with E-state index < -0.39 is 0 Å². The highest BCUT2D eigenvalue weighted by molar-refractivity contribution is 5.84. The third-order valence-corrected chi connectivity index (χ3v) is 3.60. The van der Waals surface area contributed by atoms with Crippen molar-refractivity contribution in [3.05, 3.63) is 11.4 Å². The lowest BCUT2D eigenvalue weighted by molar-refractivity contribution is -0.128. The zero-order valence-electron chi connectivity index (χ0n) is 11.1. The Kier molecular flexibility index (Phi) is 3.43. The SMILES string of the molecule is CC(C)CC(N)C1=C2N(C)CCCN2C(=O)C1. The Labute approximate surface area is 103 Å². The summed E-state index contributed by atoms with van der Waals surface area (Å²) in [5.41, 5.74) is 7.39. The van der Waals surface area contributed by atoms with Gasteiger partial charge in [-0.15, -0.1) is 0 Å². The minimum absolute atomic E-state index is 0.0273. The van der Waals surface area contributed by atoms with E-state index >= 15 is 0 Å². The maximum Gasteiger partial charge on any atom is 0.232 e. The fourth-order valence-electron chi connectivity index (χ4n) is 2.83. The molecule has 2 aliphatic rings. The fraction of sp³-hybridized carbons (Fsp3) is 0.769. The largest absolute Gasteiger partial charge is 0.361 e. The Morgan fingerprint density at radius 2 is 2.06 bits per heavy atom. The first-order valence-corrected chi connectivity index (χ1v) is 6.50. The highest BCUT2D eigenvalue weighted by Crippen LogP contribution is 2.32. The Morgan fingerprint density at radius 1 is 1.35 bits per heavy atom. The van der Waals surface area contributed by atoms with E-state index in [1.165, 1.54) is 0 Å². The molecule has 96 valence electrons. The van der Waals surface area contributed by atoms with Crippen LogP contribution in [-0.2, 0) is 4.79 Å². The van der Waals surface area contributed by atoms with Gasteiger partial charge in [-0.3, -0.25) is 9.69 Å². The first-order valence-electron chi connectivity index (χ1n) is 6.50. The van der Waals surface area contributed by atoms with Crippen LogP contribution in [0.5, 0.6) is 0 Å². The highest BCUT2D eigenvalue weighted by Gasteiger charge is 2.36. The van der Waals surface area contributed by atoms with E-state index in [4.69, 9.17) is 5.73 Å². The third-order valence-electron chi connectivity index (χ3n) is 3.60. The maximum absolute atomic E-state index is 12.0. The predicted molar refractivity (Wildman–Crippen MR) is 68.0 cm³/mol. The first kappa shape index (κ1) is 12.4. The second-order valence-electron chi connectivity index (χ2n) is 5.58. The molecule has 0 aromatic carbocycles. The van der Waals surface area contributed by atoms with E-state index in [2.05, 4.69) is 25.8 Å². The topological polar surface area (TPSA) is 49.6 Å². The monoisotopic (exact) mass is 237 g/mol. The van der Waals surface area contributed by atoms with Crippen molar-refractivity contribution in [3.8, 4) is 0 Å². The number of carbonyl (C=O) groups excluding carboxylic acids is 1. The summed E-state index contributed by atoms with van der Waals surface area (Å²) in [4.78, 5) is 16.1. The standard InChI is InChI=1S/C13H23N3O/c1-9(2)7-11(14)10-8-12(17)16-6-4-5-15(3)13(10)16/h9,11H,4-8,14H2,1-3H3. The number of hydrogen-bond donors (Lipinski definition) is 1. The van der Waals surface area contributed by atoms with Gasteiger partial charge in [-0.25, -0.2) is 0 Å². The molecule has 2 N–H and O–H groups in total. The normalized spacial score (nSPS) is 22.5. The van der Waals surface area contributed by atoms with Gasteiger partial charge in [0.15, 0.2) is 0 Å². The lowest BCUT2D eigenvalue weighted by atomic mass is 9.96. The minimum atomic E-state index is 0.0273. The number of hydrogen-bond acceptors (Lipinski definition) is 3. The summed E-state index contributed by atoms with van der Waals surface area (Å²) in [6.07, 6.45) is 2.53. The molecule has 1 atom stereocenters. The molecule has 0 aliphatic carbocycles. The molecule has 0 radical (unpaired) electrons. The zero-order chi connectivity index (χ0) is 12.6. The lowest BCUT2D eigenvalue weighted by Gasteiger charge is -2.35. The van der Waals surface area contributed by atoms with Crippen molar-refractivity contribution >= 4 is 5.91 Å². The van der Waals surface area contributed by atoms with Crippen LogP contribution in [-0.4, -0.2) is 41.9 Å². The smallest absolute Gasteiger partial charge is 0.232 e. The molecule has 1 saturated heterocycles. The van der Waals surface area contributed by atoms with Crippen LogP contribution in [0, 0.1) is 5.92 Å². The average molecular weight is 237 g/mol. The zero-order valence-corrected chi connectivity index (χ0v) is 11.1. The van der Waals surface area contributed by atoms with E-state index in [9.17, 15) is 4.79 Å². The van der Waals surface area contributed by atoms with Crippen LogP contribution < -0.4 is 5.73 Å². The van der Waals surface area contributed by atoms with E-state index in [1.807, 2.05) is 4.90 Å². The second-order valence-corrected chi connectivity index (χ2v) is 5.58. The van der Waals surface area contributed by atoms with Gasteiger partial charge < -0.3 is 10.6 Å². The van der Waals surface area contributed by atoms with Gasteiger partial charge in [0.2, 0.25) is 5.91 Å². The number of carbonyl (C=O) groups is 1. The third kappa shape index (κ3) is 2.32. The van der Waals surface area contributed by atoms with E-state index in [0.29, 0.717) is 12.3 Å². The number of amides is 1. The molecule has 2 aliphatic heterocycles. The summed E-state index contributed by atoms with van der Waals surface area (Å²) in [6, 6.07) is 0.0273. The molecule has 2 heterocycles. The van der Waals surface area contributed by atoms with Gasteiger partial charge in [-0.1, -0.05) is 13.8 Å². The van der Waals surface area contributed by atoms with Gasteiger partial charge in [-0.2, -0.15) is 0 Å². The second kappa shape index (κ2) is 4.69. The van der Waals surface area contributed by atoms with Crippen molar-refractivity contribution < 1.29 is 4.79 Å². The van der Waals surface area contributed by atoms with Crippen molar-refractivity contribution in [1.29, 1.82) is 0 Å². The molecular weight excluding hydrogens is 214 g/mol. The molecule has 0 aromatic heterocycles. The number of rotatable bonds is 3. The van der Waals surface area contributed by atoms with Gasteiger partial charge in [-0.05, 0) is 24.3 Å². The summed E-state index contributed by atoms with van der Waals surface area (Å²) < 4.78 is 0. The molecule has 1 amide bonds. The quantitative estimate of drug-likeness (QED) is 0.801. The Morgan fingerprint density at radius 3 is 2.71 bits per heavy atom. The first-order chi connectivity index (χ1) is 8.00. The molecule has 1 fully saturated rings. The van der Waals surface area contributed by atoms with Crippen LogP contribution in [0.1, 0.15) is 33.1 Å². The Balaban J connectivity index is 2.24. The predicted octanol–water partition coefficient (Wildman–Crippen LogP) is 1.14. The summed E-state index contributed by atoms with van der Waals surface area (Å²) >= 11 is 0.